The molecule has 3 rings (SSSR count). The lowest BCUT2D eigenvalue weighted by Gasteiger charge is -2.07. The van der Waals surface area contributed by atoms with E-state index >= 15 is 0 Å². The first-order chi connectivity index (χ1) is 14.5. The van der Waals surface area contributed by atoms with Crippen LogP contribution in [0.25, 0.3) is 0 Å². The first kappa shape index (κ1) is 21.9. The van der Waals surface area contributed by atoms with Gasteiger partial charge in [-0.25, -0.2) is 4.39 Å². The van der Waals surface area contributed by atoms with Crippen LogP contribution >= 0.6 is 23.1 Å². The molecule has 1 amide bonds. The molecule has 30 heavy (non-hydrogen) atoms. The predicted molar refractivity (Wildman–Crippen MR) is 110 cm³/mol. The summed E-state index contributed by atoms with van der Waals surface area (Å²) in [6.45, 7) is -2.44. The summed E-state index contributed by atoms with van der Waals surface area (Å²) in [4.78, 5) is 12.0. The number of benzene rings is 2. The molecule has 0 aliphatic carbocycles. The Hall–Kier alpha value is -2.79. The van der Waals surface area contributed by atoms with Gasteiger partial charge in [-0.2, -0.15) is 8.78 Å². The molecular formula is C19H17F3N4O2S2. The van der Waals surface area contributed by atoms with Gasteiger partial charge in [-0.15, -0.1) is 10.2 Å². The highest BCUT2D eigenvalue weighted by molar-refractivity contribution is 8.01. The van der Waals surface area contributed by atoms with Crippen LogP contribution in [0.5, 0.6) is 5.75 Å². The average molecular weight is 454 g/mol. The zero-order valence-corrected chi connectivity index (χ0v) is 17.1. The topological polar surface area (TPSA) is 76.1 Å². The van der Waals surface area contributed by atoms with E-state index in [0.29, 0.717) is 28.1 Å². The van der Waals surface area contributed by atoms with Crippen LogP contribution in [-0.4, -0.2) is 35.0 Å². The number of halogens is 3. The largest absolute Gasteiger partial charge is 0.435 e. The number of carbonyl (C=O) groups excluding carboxylic acids is 1. The molecule has 1 aromatic heterocycles. The highest BCUT2D eigenvalue weighted by Gasteiger charge is 2.09. The van der Waals surface area contributed by atoms with E-state index in [9.17, 15) is 18.0 Å². The van der Waals surface area contributed by atoms with Crippen LogP contribution in [0.2, 0.25) is 0 Å². The van der Waals surface area contributed by atoms with Crippen LogP contribution in [0.15, 0.2) is 52.9 Å². The van der Waals surface area contributed by atoms with Gasteiger partial charge < -0.3 is 15.4 Å². The molecule has 0 fully saturated rings. The molecular weight excluding hydrogens is 437 g/mol. The summed E-state index contributed by atoms with van der Waals surface area (Å²) >= 11 is 2.51. The minimum atomic E-state index is -2.85. The number of alkyl halides is 2. The lowest BCUT2D eigenvalue weighted by atomic mass is 10.1. The molecule has 11 heteroatoms. The van der Waals surface area contributed by atoms with Gasteiger partial charge in [0.15, 0.2) is 4.34 Å². The fourth-order valence-electron chi connectivity index (χ4n) is 2.37. The number of aromatic nitrogens is 2. The number of amides is 1. The molecule has 0 aliphatic heterocycles. The van der Waals surface area contributed by atoms with Gasteiger partial charge in [-0.1, -0.05) is 41.3 Å². The smallest absolute Gasteiger partial charge is 0.387 e. The van der Waals surface area contributed by atoms with Crippen molar-refractivity contribution in [1.29, 1.82) is 0 Å². The molecule has 1 heterocycles. The molecule has 158 valence electrons. The lowest BCUT2D eigenvalue weighted by Crippen LogP contribution is -2.27. The van der Waals surface area contributed by atoms with Gasteiger partial charge in [-0.3, -0.25) is 4.79 Å². The van der Waals surface area contributed by atoms with Crippen LogP contribution in [0.3, 0.4) is 0 Å². The number of nitrogens with zero attached hydrogens (tertiary/aromatic N) is 2. The Morgan fingerprint density at radius 3 is 2.70 bits per heavy atom. The van der Waals surface area contributed by atoms with Crippen molar-refractivity contribution < 1.29 is 22.7 Å². The van der Waals surface area contributed by atoms with Gasteiger partial charge in [0.2, 0.25) is 11.0 Å². The number of rotatable bonds is 10. The first-order valence-electron chi connectivity index (χ1n) is 8.77. The molecule has 0 bridgehead atoms. The van der Waals surface area contributed by atoms with Gasteiger partial charge in [0.1, 0.15) is 11.6 Å². The van der Waals surface area contributed by atoms with Gasteiger partial charge in [0, 0.05) is 12.2 Å². The minimum absolute atomic E-state index is 0.0949. The Kier molecular flexibility index (Phi) is 7.91. The average Bonchev–Trinajstić information content (AvgIpc) is 3.15. The molecule has 0 saturated carbocycles. The molecule has 3 aromatic rings. The standard InChI is InChI=1S/C19H17F3N4O2S2/c20-13-2-1-3-14(10-13)24-18-25-26-19(30-18)29-11-16(27)23-9-8-12-4-6-15(7-5-12)28-17(21)22/h1-7,10,17H,8-9,11H2,(H,23,27)(H,24,25). The van der Waals surface area contributed by atoms with Crippen LogP contribution < -0.4 is 15.4 Å². The van der Waals surface area contributed by atoms with E-state index in [4.69, 9.17) is 0 Å². The molecule has 0 radical (unpaired) electrons. The summed E-state index contributed by atoms with van der Waals surface area (Å²) < 4.78 is 42.4. The molecule has 0 spiro atoms. The zero-order chi connectivity index (χ0) is 21.3. The molecule has 2 aromatic carbocycles. The summed E-state index contributed by atoms with van der Waals surface area (Å²) in [7, 11) is 0. The normalized spacial score (nSPS) is 10.8. The first-order valence-corrected chi connectivity index (χ1v) is 10.6. The number of hydrogen-bond donors (Lipinski definition) is 2. The van der Waals surface area contributed by atoms with E-state index in [1.54, 1.807) is 24.3 Å². The zero-order valence-electron chi connectivity index (χ0n) is 15.5. The monoisotopic (exact) mass is 454 g/mol. The number of ether oxygens (including phenoxy) is 1. The molecule has 0 saturated heterocycles. The minimum Gasteiger partial charge on any atom is -0.435 e. The summed E-state index contributed by atoms with van der Waals surface area (Å²) in [6, 6.07) is 12.3. The number of carbonyl (C=O) groups is 1. The summed E-state index contributed by atoms with van der Waals surface area (Å²) in [5.74, 6) is -0.242. The highest BCUT2D eigenvalue weighted by Crippen LogP contribution is 2.27. The third-order valence-corrected chi connectivity index (χ3v) is 5.67. The van der Waals surface area contributed by atoms with Crippen molar-refractivity contribution in [2.24, 2.45) is 0 Å². The molecule has 0 aliphatic rings. The van der Waals surface area contributed by atoms with Crippen molar-refractivity contribution in [3.8, 4) is 5.75 Å². The lowest BCUT2D eigenvalue weighted by molar-refractivity contribution is -0.118. The van der Waals surface area contributed by atoms with Crippen molar-refractivity contribution >= 4 is 39.8 Å². The highest BCUT2D eigenvalue weighted by atomic mass is 32.2. The van der Waals surface area contributed by atoms with E-state index < -0.39 is 6.61 Å². The Balaban J connectivity index is 1.37. The van der Waals surface area contributed by atoms with Crippen LogP contribution in [0.1, 0.15) is 5.56 Å². The second kappa shape index (κ2) is 10.8. The second-order valence-corrected chi connectivity index (χ2v) is 8.12. The van der Waals surface area contributed by atoms with Crippen LogP contribution in [0.4, 0.5) is 24.0 Å². The van der Waals surface area contributed by atoms with Gasteiger partial charge in [0.25, 0.3) is 0 Å². The SMILES string of the molecule is O=C(CSc1nnc(Nc2cccc(F)c2)s1)NCCc1ccc(OC(F)F)cc1. The van der Waals surface area contributed by atoms with Crippen molar-refractivity contribution in [1.82, 2.24) is 15.5 Å². The van der Waals surface area contributed by atoms with Crippen molar-refractivity contribution in [3.05, 3.63) is 59.9 Å². The Morgan fingerprint density at radius 1 is 1.17 bits per heavy atom. The van der Waals surface area contributed by atoms with Crippen molar-refractivity contribution in [3.63, 3.8) is 0 Å². The Morgan fingerprint density at radius 2 is 1.97 bits per heavy atom. The maximum absolute atomic E-state index is 13.2. The quantitative estimate of drug-likeness (QED) is 0.440. The van der Waals surface area contributed by atoms with E-state index in [0.717, 1.165) is 5.56 Å². The van der Waals surface area contributed by atoms with Gasteiger partial charge in [0.05, 0.1) is 5.75 Å². The van der Waals surface area contributed by atoms with Crippen molar-refractivity contribution in [2.75, 3.05) is 17.6 Å². The molecule has 2 N–H and O–H groups in total. The van der Waals surface area contributed by atoms with E-state index in [1.165, 1.54) is 47.4 Å². The summed E-state index contributed by atoms with van der Waals surface area (Å²) in [5.41, 5.74) is 1.45. The van der Waals surface area contributed by atoms with Crippen LogP contribution in [0, 0.1) is 5.82 Å². The number of thioether (sulfide) groups is 1. The van der Waals surface area contributed by atoms with Gasteiger partial charge in [-0.05, 0) is 42.3 Å². The van der Waals surface area contributed by atoms with Crippen molar-refractivity contribution in [2.45, 2.75) is 17.4 Å². The van der Waals surface area contributed by atoms with E-state index in [-0.39, 0.29) is 23.2 Å². The fourth-order valence-corrected chi connectivity index (χ4v) is 3.97. The van der Waals surface area contributed by atoms with Crippen LogP contribution in [-0.2, 0) is 11.2 Å². The van der Waals surface area contributed by atoms with Gasteiger partial charge >= 0.3 is 6.61 Å². The summed E-state index contributed by atoms with van der Waals surface area (Å²) in [6.07, 6.45) is 0.561. The third-order valence-electron chi connectivity index (χ3n) is 3.69. The summed E-state index contributed by atoms with van der Waals surface area (Å²) in [5, 5.41) is 14.2. The maximum Gasteiger partial charge on any atom is 0.387 e. The Labute approximate surface area is 178 Å². The molecule has 0 unspecified atom stereocenters. The molecule has 6 nitrogen and oxygen atoms in total. The maximum atomic E-state index is 13.2. The number of anilines is 2. The second-order valence-electron chi connectivity index (χ2n) is 5.92. The number of nitrogens with one attached hydrogen (secondary N) is 2. The molecule has 0 atom stereocenters. The fraction of sp³-hybridized carbons (Fsp3) is 0.211. The number of hydrogen-bond acceptors (Lipinski definition) is 7. The Bertz CT molecular complexity index is 970. The van der Waals surface area contributed by atoms with E-state index in [2.05, 4.69) is 25.6 Å². The van der Waals surface area contributed by atoms with E-state index in [1.807, 2.05) is 0 Å². The predicted octanol–water partition coefficient (Wildman–Crippen LogP) is 4.47. The third kappa shape index (κ3) is 7.23.